The molecule has 2 aromatic rings. The molecule has 0 bridgehead atoms. The van der Waals surface area contributed by atoms with E-state index in [2.05, 4.69) is 10.6 Å². The van der Waals surface area contributed by atoms with Crippen molar-refractivity contribution in [2.24, 2.45) is 5.92 Å². The van der Waals surface area contributed by atoms with E-state index in [1.807, 2.05) is 51.1 Å². The number of halogens is 4. The molecule has 3 nitrogen and oxygen atoms in total. The Bertz CT molecular complexity index is 779. The van der Waals surface area contributed by atoms with Crippen LogP contribution in [0.4, 0.5) is 18.9 Å². The van der Waals surface area contributed by atoms with Crippen LogP contribution in [0.25, 0.3) is 0 Å². The van der Waals surface area contributed by atoms with Gasteiger partial charge in [-0.25, -0.2) is 0 Å². The van der Waals surface area contributed by atoms with E-state index in [-0.39, 0.29) is 28.6 Å². The Morgan fingerprint density at radius 3 is 2.19 bits per heavy atom. The van der Waals surface area contributed by atoms with Gasteiger partial charge < -0.3 is 10.6 Å². The molecular formula is C20H22ClF3N2O. The van der Waals surface area contributed by atoms with Gasteiger partial charge in [-0.1, -0.05) is 55.8 Å². The van der Waals surface area contributed by atoms with E-state index >= 15 is 0 Å². The number of amides is 1. The maximum atomic E-state index is 12.8. The Morgan fingerprint density at radius 2 is 1.67 bits per heavy atom. The van der Waals surface area contributed by atoms with Crippen molar-refractivity contribution < 1.29 is 18.0 Å². The van der Waals surface area contributed by atoms with Crippen LogP contribution >= 0.6 is 11.6 Å². The summed E-state index contributed by atoms with van der Waals surface area (Å²) in [6, 6.07) is 11.7. The van der Waals surface area contributed by atoms with Gasteiger partial charge in [-0.2, -0.15) is 13.2 Å². The minimum Gasteiger partial charge on any atom is -0.372 e. The molecule has 146 valence electrons. The summed E-state index contributed by atoms with van der Waals surface area (Å²) < 4.78 is 38.3. The van der Waals surface area contributed by atoms with Crippen molar-refractivity contribution in [2.45, 2.75) is 39.0 Å². The minimum atomic E-state index is -4.47. The van der Waals surface area contributed by atoms with Gasteiger partial charge in [0.2, 0.25) is 5.91 Å². The number of carbonyl (C=O) groups excluding carboxylic acids is 1. The zero-order chi connectivity index (χ0) is 20.2. The predicted molar refractivity (Wildman–Crippen MR) is 102 cm³/mol. The molecule has 0 unspecified atom stereocenters. The first-order valence-corrected chi connectivity index (χ1v) is 8.96. The standard InChI is InChI=1S/C20H22ClF3N2O/c1-12(2)18(19(27)25-13(3)14-7-5-4-6-8-14)26-17-10-9-15(11-16(17)21)20(22,23)24/h4-13,18,26H,1-3H3,(H,25,27)/t13-,18-/m0/s1. The fourth-order valence-electron chi connectivity index (χ4n) is 2.64. The maximum Gasteiger partial charge on any atom is 0.416 e. The minimum absolute atomic E-state index is 0.0839. The maximum absolute atomic E-state index is 12.8. The van der Waals surface area contributed by atoms with Crippen LogP contribution in [-0.2, 0) is 11.0 Å². The third-order valence-electron chi connectivity index (χ3n) is 4.21. The Morgan fingerprint density at radius 1 is 1.04 bits per heavy atom. The third-order valence-corrected chi connectivity index (χ3v) is 4.53. The summed E-state index contributed by atoms with van der Waals surface area (Å²) in [7, 11) is 0. The van der Waals surface area contributed by atoms with Crippen molar-refractivity contribution in [3.8, 4) is 0 Å². The zero-order valence-electron chi connectivity index (χ0n) is 15.3. The van der Waals surface area contributed by atoms with Crippen molar-refractivity contribution in [3.05, 3.63) is 64.7 Å². The van der Waals surface area contributed by atoms with Crippen molar-refractivity contribution in [3.63, 3.8) is 0 Å². The molecule has 0 aliphatic carbocycles. The van der Waals surface area contributed by atoms with Gasteiger partial charge in [-0.3, -0.25) is 4.79 Å². The fraction of sp³-hybridized carbons (Fsp3) is 0.350. The van der Waals surface area contributed by atoms with Crippen LogP contribution in [0.3, 0.4) is 0 Å². The largest absolute Gasteiger partial charge is 0.416 e. The summed E-state index contributed by atoms with van der Waals surface area (Å²) in [4.78, 5) is 12.7. The molecule has 2 N–H and O–H groups in total. The number of rotatable bonds is 6. The molecule has 0 radical (unpaired) electrons. The van der Waals surface area contributed by atoms with Crippen LogP contribution in [0.5, 0.6) is 0 Å². The highest BCUT2D eigenvalue weighted by Gasteiger charge is 2.31. The molecule has 0 saturated carbocycles. The van der Waals surface area contributed by atoms with Crippen LogP contribution in [0, 0.1) is 5.92 Å². The molecule has 0 saturated heterocycles. The molecule has 2 rings (SSSR count). The molecule has 0 fully saturated rings. The molecular weight excluding hydrogens is 377 g/mol. The van der Waals surface area contributed by atoms with Gasteiger partial charge in [0.1, 0.15) is 6.04 Å². The summed E-state index contributed by atoms with van der Waals surface area (Å²) in [5, 5.41) is 5.82. The average molecular weight is 399 g/mol. The van der Waals surface area contributed by atoms with E-state index in [0.29, 0.717) is 0 Å². The van der Waals surface area contributed by atoms with Crippen LogP contribution in [0.15, 0.2) is 48.5 Å². The summed E-state index contributed by atoms with van der Waals surface area (Å²) in [6.45, 7) is 5.57. The number of anilines is 1. The Labute approximate surface area is 161 Å². The SMILES string of the molecule is CC(C)[C@H](Nc1ccc(C(F)(F)F)cc1Cl)C(=O)N[C@@H](C)c1ccccc1. The number of benzene rings is 2. The van der Waals surface area contributed by atoms with E-state index in [1.54, 1.807) is 0 Å². The molecule has 7 heteroatoms. The van der Waals surface area contributed by atoms with Crippen molar-refractivity contribution in [2.75, 3.05) is 5.32 Å². The van der Waals surface area contributed by atoms with Crippen LogP contribution in [-0.4, -0.2) is 11.9 Å². The average Bonchev–Trinajstić information content (AvgIpc) is 2.60. The highest BCUT2D eigenvalue weighted by Crippen LogP contribution is 2.34. The molecule has 0 spiro atoms. The summed E-state index contributed by atoms with van der Waals surface area (Å²) in [6.07, 6.45) is -4.47. The lowest BCUT2D eigenvalue weighted by Crippen LogP contribution is -2.43. The Balaban J connectivity index is 2.14. The van der Waals surface area contributed by atoms with Crippen LogP contribution in [0.1, 0.15) is 37.9 Å². The second-order valence-corrected chi connectivity index (χ2v) is 7.11. The smallest absolute Gasteiger partial charge is 0.372 e. The third kappa shape index (κ3) is 5.63. The van der Waals surface area contributed by atoms with Crippen molar-refractivity contribution in [1.29, 1.82) is 0 Å². The normalized spacial score (nSPS) is 13.9. The monoisotopic (exact) mass is 398 g/mol. The van der Waals surface area contributed by atoms with Gasteiger partial charge >= 0.3 is 6.18 Å². The highest BCUT2D eigenvalue weighted by molar-refractivity contribution is 6.33. The van der Waals surface area contributed by atoms with E-state index in [0.717, 1.165) is 17.7 Å². The van der Waals surface area contributed by atoms with Crippen molar-refractivity contribution >= 4 is 23.2 Å². The lowest BCUT2D eigenvalue weighted by atomic mass is 10.0. The zero-order valence-corrected chi connectivity index (χ0v) is 16.0. The van der Waals surface area contributed by atoms with E-state index < -0.39 is 17.8 Å². The van der Waals surface area contributed by atoms with Gasteiger partial charge in [-0.15, -0.1) is 0 Å². The molecule has 2 aromatic carbocycles. The number of alkyl halides is 3. The molecule has 0 heterocycles. The van der Waals surface area contributed by atoms with Crippen LogP contribution < -0.4 is 10.6 Å². The second kappa shape index (κ2) is 8.65. The first-order valence-electron chi connectivity index (χ1n) is 8.58. The first-order chi connectivity index (χ1) is 12.6. The number of nitrogens with one attached hydrogen (secondary N) is 2. The first kappa shape index (κ1) is 21.1. The van der Waals surface area contributed by atoms with Crippen molar-refractivity contribution in [1.82, 2.24) is 5.32 Å². The quantitative estimate of drug-likeness (QED) is 0.658. The lowest BCUT2D eigenvalue weighted by molar-refractivity contribution is -0.137. The molecule has 1 amide bonds. The second-order valence-electron chi connectivity index (χ2n) is 6.70. The van der Waals surface area contributed by atoms with E-state index in [1.165, 1.54) is 6.07 Å². The highest BCUT2D eigenvalue weighted by atomic mass is 35.5. The van der Waals surface area contributed by atoms with Gasteiger partial charge in [0, 0.05) is 0 Å². The summed E-state index contributed by atoms with van der Waals surface area (Å²) in [5.74, 6) is -0.358. The van der Waals surface area contributed by atoms with Gasteiger partial charge in [-0.05, 0) is 36.6 Å². The molecule has 0 aliphatic heterocycles. The fourth-order valence-corrected chi connectivity index (χ4v) is 2.87. The van der Waals surface area contributed by atoms with Gasteiger partial charge in [0.05, 0.1) is 22.3 Å². The molecule has 0 aliphatic rings. The summed E-state index contributed by atoms with van der Waals surface area (Å²) in [5.41, 5.74) is 0.410. The van der Waals surface area contributed by atoms with Gasteiger partial charge in [0.25, 0.3) is 0 Å². The number of carbonyl (C=O) groups is 1. The van der Waals surface area contributed by atoms with E-state index in [9.17, 15) is 18.0 Å². The van der Waals surface area contributed by atoms with Crippen LogP contribution in [0.2, 0.25) is 5.02 Å². The molecule has 27 heavy (non-hydrogen) atoms. The Hall–Kier alpha value is -2.21. The van der Waals surface area contributed by atoms with Gasteiger partial charge in [0.15, 0.2) is 0 Å². The molecule has 0 aromatic heterocycles. The predicted octanol–water partition coefficient (Wildman–Crippen LogP) is 5.67. The lowest BCUT2D eigenvalue weighted by Gasteiger charge is -2.25. The molecule has 2 atom stereocenters. The van der Waals surface area contributed by atoms with E-state index in [4.69, 9.17) is 11.6 Å². The summed E-state index contributed by atoms with van der Waals surface area (Å²) >= 11 is 6.00. The number of hydrogen-bond acceptors (Lipinski definition) is 2. The Kier molecular flexibility index (Phi) is 6.76. The number of hydrogen-bond donors (Lipinski definition) is 2. The topological polar surface area (TPSA) is 41.1 Å².